The summed E-state index contributed by atoms with van der Waals surface area (Å²) in [7, 11) is -3.67. The molecule has 0 spiro atoms. The van der Waals surface area contributed by atoms with Crippen molar-refractivity contribution < 1.29 is 13.2 Å². The highest BCUT2D eigenvalue weighted by Crippen LogP contribution is 2.20. The molecule has 2 aromatic carbocycles. The van der Waals surface area contributed by atoms with Crippen LogP contribution in [-0.2, 0) is 10.0 Å². The molecular formula is C20H17NO3S2. The molecule has 0 aliphatic heterocycles. The summed E-state index contributed by atoms with van der Waals surface area (Å²) in [5, 5.41) is 1.96. The van der Waals surface area contributed by atoms with E-state index in [-0.39, 0.29) is 4.90 Å². The van der Waals surface area contributed by atoms with E-state index >= 15 is 0 Å². The van der Waals surface area contributed by atoms with E-state index in [0.29, 0.717) is 18.0 Å². The van der Waals surface area contributed by atoms with Gasteiger partial charge in [-0.15, -0.1) is 11.3 Å². The number of sulfonamides is 1. The molecule has 0 saturated heterocycles. The van der Waals surface area contributed by atoms with Gasteiger partial charge >= 0.3 is 0 Å². The summed E-state index contributed by atoms with van der Waals surface area (Å²) < 4.78 is 33.0. The minimum atomic E-state index is -3.67. The largest absolute Gasteiger partial charge is 0.494 e. The Morgan fingerprint density at radius 2 is 1.85 bits per heavy atom. The van der Waals surface area contributed by atoms with Gasteiger partial charge < -0.3 is 4.74 Å². The second kappa shape index (κ2) is 8.09. The fraction of sp³-hybridized carbons (Fsp3) is 0.100. The number of ether oxygens (including phenoxy) is 1. The number of thiophene rings is 1. The molecule has 0 bridgehead atoms. The molecule has 0 radical (unpaired) electrons. The zero-order chi connectivity index (χ0) is 18.4. The molecule has 0 unspecified atom stereocenters. The lowest BCUT2D eigenvalue weighted by atomic mass is 10.2. The van der Waals surface area contributed by atoms with Crippen LogP contribution in [0, 0.1) is 11.8 Å². The van der Waals surface area contributed by atoms with Crippen LogP contribution in [0.3, 0.4) is 0 Å². The molecule has 0 fully saturated rings. The van der Waals surface area contributed by atoms with Gasteiger partial charge in [-0.05, 0) is 60.8 Å². The van der Waals surface area contributed by atoms with Crippen molar-refractivity contribution in [3.05, 3.63) is 76.5 Å². The van der Waals surface area contributed by atoms with Crippen LogP contribution in [0.15, 0.2) is 70.9 Å². The van der Waals surface area contributed by atoms with E-state index in [9.17, 15) is 8.42 Å². The molecule has 0 aliphatic rings. The Labute approximate surface area is 157 Å². The van der Waals surface area contributed by atoms with Crippen molar-refractivity contribution in [2.45, 2.75) is 11.8 Å². The van der Waals surface area contributed by atoms with Crippen LogP contribution in [0.2, 0.25) is 0 Å². The van der Waals surface area contributed by atoms with Crippen LogP contribution < -0.4 is 9.46 Å². The molecule has 4 nitrogen and oxygen atoms in total. The highest BCUT2D eigenvalue weighted by molar-refractivity contribution is 7.92. The molecule has 0 aliphatic carbocycles. The van der Waals surface area contributed by atoms with Crippen molar-refractivity contribution in [3.8, 4) is 17.6 Å². The van der Waals surface area contributed by atoms with Crippen LogP contribution in [0.5, 0.6) is 5.75 Å². The summed E-state index contributed by atoms with van der Waals surface area (Å²) in [6.07, 6.45) is 0. The molecule has 1 aromatic heterocycles. The van der Waals surface area contributed by atoms with E-state index in [1.165, 1.54) is 12.1 Å². The second-order valence-corrected chi connectivity index (χ2v) is 7.95. The highest BCUT2D eigenvalue weighted by Gasteiger charge is 2.14. The third-order valence-electron chi connectivity index (χ3n) is 3.41. The molecule has 3 aromatic rings. The smallest absolute Gasteiger partial charge is 0.261 e. The monoisotopic (exact) mass is 383 g/mol. The Kier molecular flexibility index (Phi) is 5.61. The van der Waals surface area contributed by atoms with Gasteiger partial charge in [-0.25, -0.2) is 8.42 Å². The standard InChI is InChI=1S/C20H17NO3S2/c1-2-24-18-9-12-20(13-10-18)26(22,23)21-17-6-3-5-16(15-17)8-11-19-7-4-14-25-19/h3-7,9-10,12-15,21H,2H2,1H3. The molecule has 1 heterocycles. The van der Waals surface area contributed by atoms with E-state index in [4.69, 9.17) is 4.74 Å². The Bertz CT molecular complexity index is 1030. The quantitative estimate of drug-likeness (QED) is 0.667. The maximum Gasteiger partial charge on any atom is 0.261 e. The first-order valence-corrected chi connectivity index (χ1v) is 10.3. The number of rotatable bonds is 5. The molecule has 0 amide bonds. The van der Waals surface area contributed by atoms with Crippen LogP contribution in [-0.4, -0.2) is 15.0 Å². The average Bonchev–Trinajstić information content (AvgIpc) is 3.14. The number of hydrogen-bond acceptors (Lipinski definition) is 4. The fourth-order valence-corrected chi connectivity index (χ4v) is 3.86. The Balaban J connectivity index is 1.78. The minimum Gasteiger partial charge on any atom is -0.494 e. The normalized spacial score (nSPS) is 10.7. The summed E-state index contributed by atoms with van der Waals surface area (Å²) in [4.78, 5) is 1.14. The number of nitrogens with one attached hydrogen (secondary N) is 1. The maximum absolute atomic E-state index is 12.5. The molecule has 6 heteroatoms. The topological polar surface area (TPSA) is 55.4 Å². The van der Waals surface area contributed by atoms with Gasteiger partial charge in [-0.3, -0.25) is 4.72 Å². The first-order chi connectivity index (χ1) is 12.6. The van der Waals surface area contributed by atoms with Crippen molar-refractivity contribution in [3.63, 3.8) is 0 Å². The van der Waals surface area contributed by atoms with E-state index in [1.807, 2.05) is 30.5 Å². The summed E-state index contributed by atoms with van der Waals surface area (Å²) in [6, 6.07) is 17.2. The predicted octanol–water partition coefficient (Wildman–Crippen LogP) is 4.35. The van der Waals surface area contributed by atoms with Crippen molar-refractivity contribution in [1.82, 2.24) is 0 Å². The lowest BCUT2D eigenvalue weighted by molar-refractivity contribution is 0.340. The molecular weight excluding hydrogens is 366 g/mol. The summed E-state index contributed by atoms with van der Waals surface area (Å²) in [5.74, 6) is 6.74. The SMILES string of the molecule is CCOc1ccc(S(=O)(=O)Nc2cccc(C#Cc3cccs3)c2)cc1. The lowest BCUT2D eigenvalue weighted by Crippen LogP contribution is -2.12. The van der Waals surface area contributed by atoms with Crippen molar-refractivity contribution in [1.29, 1.82) is 0 Å². The van der Waals surface area contributed by atoms with Crippen LogP contribution in [0.1, 0.15) is 17.4 Å². The van der Waals surface area contributed by atoms with Gasteiger partial charge in [0.2, 0.25) is 0 Å². The zero-order valence-electron chi connectivity index (χ0n) is 14.1. The molecule has 0 atom stereocenters. The Morgan fingerprint density at radius 1 is 1.04 bits per heavy atom. The van der Waals surface area contributed by atoms with Gasteiger partial charge in [0.1, 0.15) is 5.75 Å². The predicted molar refractivity (Wildman–Crippen MR) is 105 cm³/mol. The van der Waals surface area contributed by atoms with Crippen molar-refractivity contribution in [2.75, 3.05) is 11.3 Å². The summed E-state index contributed by atoms with van der Waals surface area (Å²) in [5.41, 5.74) is 1.21. The minimum absolute atomic E-state index is 0.177. The zero-order valence-corrected chi connectivity index (χ0v) is 15.7. The van der Waals surface area contributed by atoms with Gasteiger partial charge in [-0.1, -0.05) is 24.0 Å². The molecule has 132 valence electrons. The van der Waals surface area contributed by atoms with Gasteiger partial charge in [0.15, 0.2) is 0 Å². The fourth-order valence-electron chi connectivity index (χ4n) is 2.24. The van der Waals surface area contributed by atoms with Gasteiger partial charge in [0.25, 0.3) is 10.0 Å². The average molecular weight is 383 g/mol. The third kappa shape index (κ3) is 4.66. The summed E-state index contributed by atoms with van der Waals surface area (Å²) in [6.45, 7) is 2.41. The van der Waals surface area contributed by atoms with Gasteiger partial charge in [0, 0.05) is 5.56 Å². The Morgan fingerprint density at radius 3 is 2.54 bits per heavy atom. The third-order valence-corrected chi connectivity index (χ3v) is 5.59. The van der Waals surface area contributed by atoms with E-state index in [0.717, 1.165) is 10.4 Å². The van der Waals surface area contributed by atoms with E-state index in [2.05, 4.69) is 16.6 Å². The lowest BCUT2D eigenvalue weighted by Gasteiger charge is -2.09. The van der Waals surface area contributed by atoms with E-state index in [1.54, 1.807) is 41.7 Å². The van der Waals surface area contributed by atoms with Gasteiger partial charge in [0.05, 0.1) is 22.1 Å². The number of benzene rings is 2. The molecule has 1 N–H and O–H groups in total. The van der Waals surface area contributed by atoms with E-state index < -0.39 is 10.0 Å². The first-order valence-electron chi connectivity index (χ1n) is 7.98. The molecule has 26 heavy (non-hydrogen) atoms. The van der Waals surface area contributed by atoms with Crippen molar-refractivity contribution >= 4 is 27.0 Å². The van der Waals surface area contributed by atoms with Crippen LogP contribution >= 0.6 is 11.3 Å². The highest BCUT2D eigenvalue weighted by atomic mass is 32.2. The Hall–Kier alpha value is -2.75. The summed E-state index contributed by atoms with van der Waals surface area (Å²) >= 11 is 1.56. The molecule has 0 saturated carbocycles. The van der Waals surface area contributed by atoms with Crippen LogP contribution in [0.25, 0.3) is 0 Å². The molecule has 3 rings (SSSR count). The maximum atomic E-state index is 12.5. The number of hydrogen-bond donors (Lipinski definition) is 1. The van der Waals surface area contributed by atoms with Gasteiger partial charge in [-0.2, -0.15) is 0 Å². The van der Waals surface area contributed by atoms with Crippen molar-refractivity contribution in [2.24, 2.45) is 0 Å². The number of anilines is 1. The van der Waals surface area contributed by atoms with Crippen LogP contribution in [0.4, 0.5) is 5.69 Å². The second-order valence-electron chi connectivity index (χ2n) is 5.32. The first kappa shape index (κ1) is 18.1.